The number of hydrogen-bond donors (Lipinski definition) is 2. The molecule has 0 atom stereocenters. The highest BCUT2D eigenvalue weighted by atomic mass is 32.1. The summed E-state index contributed by atoms with van der Waals surface area (Å²) in [6.07, 6.45) is 3.48. The molecule has 22 heavy (non-hydrogen) atoms. The van der Waals surface area contributed by atoms with Gasteiger partial charge in [0, 0.05) is 29.0 Å². The highest BCUT2D eigenvalue weighted by molar-refractivity contribution is 7.13. The Kier molecular flexibility index (Phi) is 4.41. The topological polar surface area (TPSA) is 66.9 Å². The zero-order chi connectivity index (χ0) is 15.2. The van der Waals surface area contributed by atoms with Crippen molar-refractivity contribution in [3.8, 4) is 10.6 Å². The highest BCUT2D eigenvalue weighted by Crippen LogP contribution is 2.23. The molecule has 3 rings (SSSR count). The fourth-order valence-electron chi connectivity index (χ4n) is 1.91. The average Bonchev–Trinajstić information content (AvgIpc) is 3.09. The van der Waals surface area contributed by atoms with E-state index in [4.69, 9.17) is 0 Å². The molecule has 3 aromatic rings. The predicted molar refractivity (Wildman–Crippen MR) is 87.6 cm³/mol. The Labute approximate surface area is 132 Å². The van der Waals surface area contributed by atoms with Gasteiger partial charge in [0.05, 0.1) is 12.2 Å². The van der Waals surface area contributed by atoms with E-state index in [1.165, 1.54) is 0 Å². The molecule has 0 bridgehead atoms. The lowest BCUT2D eigenvalue weighted by Gasteiger charge is -2.07. The lowest BCUT2D eigenvalue weighted by atomic mass is 10.2. The molecule has 2 amide bonds. The quantitative estimate of drug-likeness (QED) is 0.774. The molecule has 0 spiro atoms. The Morgan fingerprint density at radius 3 is 2.59 bits per heavy atom. The first-order chi connectivity index (χ1) is 10.8. The SMILES string of the molecule is O=C(NCc1ccccn1)Nc1ccc(-c2nccs2)cc1. The smallest absolute Gasteiger partial charge is 0.319 e. The summed E-state index contributed by atoms with van der Waals surface area (Å²) in [6, 6.07) is 12.9. The maximum Gasteiger partial charge on any atom is 0.319 e. The molecule has 0 aliphatic heterocycles. The molecule has 0 aliphatic rings. The first-order valence-corrected chi connectivity index (χ1v) is 7.64. The van der Waals surface area contributed by atoms with Gasteiger partial charge in [-0.2, -0.15) is 0 Å². The molecule has 6 heteroatoms. The van der Waals surface area contributed by atoms with Crippen LogP contribution in [0.1, 0.15) is 5.69 Å². The predicted octanol–water partition coefficient (Wildman–Crippen LogP) is 3.53. The molecule has 0 aliphatic carbocycles. The van der Waals surface area contributed by atoms with Gasteiger partial charge in [0.25, 0.3) is 0 Å². The molecule has 2 aromatic heterocycles. The van der Waals surface area contributed by atoms with E-state index in [1.807, 2.05) is 47.8 Å². The lowest BCUT2D eigenvalue weighted by molar-refractivity contribution is 0.251. The van der Waals surface area contributed by atoms with Gasteiger partial charge < -0.3 is 10.6 Å². The molecule has 0 saturated carbocycles. The number of carbonyl (C=O) groups excluding carboxylic acids is 1. The van der Waals surface area contributed by atoms with Crippen molar-refractivity contribution >= 4 is 23.1 Å². The van der Waals surface area contributed by atoms with Crippen LogP contribution in [-0.4, -0.2) is 16.0 Å². The number of aromatic nitrogens is 2. The number of urea groups is 1. The summed E-state index contributed by atoms with van der Waals surface area (Å²) < 4.78 is 0. The van der Waals surface area contributed by atoms with Crippen LogP contribution in [0.2, 0.25) is 0 Å². The first kappa shape index (κ1) is 14.2. The van der Waals surface area contributed by atoms with E-state index in [-0.39, 0.29) is 6.03 Å². The molecule has 5 nitrogen and oxygen atoms in total. The van der Waals surface area contributed by atoms with E-state index in [0.717, 1.165) is 22.0 Å². The van der Waals surface area contributed by atoms with E-state index < -0.39 is 0 Å². The van der Waals surface area contributed by atoms with Crippen molar-refractivity contribution in [2.45, 2.75) is 6.54 Å². The second-order valence-electron chi connectivity index (χ2n) is 4.54. The number of amides is 2. The van der Waals surface area contributed by atoms with Crippen LogP contribution in [0.25, 0.3) is 10.6 Å². The van der Waals surface area contributed by atoms with Gasteiger partial charge in [-0.05, 0) is 36.4 Å². The number of carbonyl (C=O) groups is 1. The molecule has 0 unspecified atom stereocenters. The minimum Gasteiger partial charge on any atom is -0.332 e. The van der Waals surface area contributed by atoms with E-state index in [2.05, 4.69) is 20.6 Å². The van der Waals surface area contributed by atoms with Gasteiger partial charge in [-0.3, -0.25) is 4.98 Å². The Hall–Kier alpha value is -2.73. The molecule has 0 radical (unpaired) electrons. The zero-order valence-electron chi connectivity index (χ0n) is 11.7. The van der Waals surface area contributed by atoms with Crippen molar-refractivity contribution in [3.63, 3.8) is 0 Å². The number of nitrogens with zero attached hydrogens (tertiary/aromatic N) is 2. The number of nitrogens with one attached hydrogen (secondary N) is 2. The summed E-state index contributed by atoms with van der Waals surface area (Å²) in [5, 5.41) is 8.46. The maximum atomic E-state index is 11.8. The van der Waals surface area contributed by atoms with Crippen molar-refractivity contribution in [1.82, 2.24) is 15.3 Å². The summed E-state index contributed by atoms with van der Waals surface area (Å²) in [7, 11) is 0. The van der Waals surface area contributed by atoms with Gasteiger partial charge in [0.15, 0.2) is 0 Å². The number of hydrogen-bond acceptors (Lipinski definition) is 4. The van der Waals surface area contributed by atoms with Gasteiger partial charge in [-0.1, -0.05) is 6.07 Å². The van der Waals surface area contributed by atoms with Crippen LogP contribution < -0.4 is 10.6 Å². The lowest BCUT2D eigenvalue weighted by Crippen LogP contribution is -2.28. The largest absolute Gasteiger partial charge is 0.332 e. The Balaban J connectivity index is 1.55. The van der Waals surface area contributed by atoms with E-state index >= 15 is 0 Å². The minimum atomic E-state index is -0.257. The van der Waals surface area contributed by atoms with Crippen LogP contribution in [0.5, 0.6) is 0 Å². The summed E-state index contributed by atoms with van der Waals surface area (Å²) in [6.45, 7) is 0.393. The Morgan fingerprint density at radius 1 is 1.05 bits per heavy atom. The molecular formula is C16H14N4OS. The zero-order valence-corrected chi connectivity index (χ0v) is 12.5. The van der Waals surface area contributed by atoms with Crippen LogP contribution in [0.4, 0.5) is 10.5 Å². The third kappa shape index (κ3) is 3.67. The number of pyridine rings is 1. The summed E-state index contributed by atoms with van der Waals surface area (Å²) >= 11 is 1.58. The number of thiazole rings is 1. The molecule has 1 aromatic carbocycles. The molecule has 2 N–H and O–H groups in total. The van der Waals surface area contributed by atoms with Crippen molar-refractivity contribution in [2.24, 2.45) is 0 Å². The first-order valence-electron chi connectivity index (χ1n) is 6.76. The van der Waals surface area contributed by atoms with Gasteiger partial charge in [-0.25, -0.2) is 9.78 Å². The molecule has 2 heterocycles. The summed E-state index contributed by atoms with van der Waals surface area (Å²) in [5.41, 5.74) is 2.59. The normalized spacial score (nSPS) is 10.2. The minimum absolute atomic E-state index is 0.257. The number of benzene rings is 1. The van der Waals surface area contributed by atoms with Crippen LogP contribution >= 0.6 is 11.3 Å². The molecule has 110 valence electrons. The summed E-state index contributed by atoms with van der Waals surface area (Å²) in [4.78, 5) is 20.2. The van der Waals surface area contributed by atoms with E-state index in [1.54, 1.807) is 23.7 Å². The number of anilines is 1. The van der Waals surface area contributed by atoms with Crippen LogP contribution in [0, 0.1) is 0 Å². The van der Waals surface area contributed by atoms with Gasteiger partial charge >= 0.3 is 6.03 Å². The van der Waals surface area contributed by atoms with Crippen molar-refractivity contribution < 1.29 is 4.79 Å². The fourth-order valence-corrected chi connectivity index (χ4v) is 2.56. The molecular weight excluding hydrogens is 296 g/mol. The third-order valence-electron chi connectivity index (χ3n) is 2.98. The van der Waals surface area contributed by atoms with Crippen molar-refractivity contribution in [2.75, 3.05) is 5.32 Å². The number of rotatable bonds is 4. The van der Waals surface area contributed by atoms with Crippen LogP contribution in [0.3, 0.4) is 0 Å². The monoisotopic (exact) mass is 310 g/mol. The van der Waals surface area contributed by atoms with Gasteiger partial charge in [0.1, 0.15) is 5.01 Å². The second kappa shape index (κ2) is 6.82. The van der Waals surface area contributed by atoms with Gasteiger partial charge in [-0.15, -0.1) is 11.3 Å². The second-order valence-corrected chi connectivity index (χ2v) is 5.44. The van der Waals surface area contributed by atoms with Crippen molar-refractivity contribution in [3.05, 3.63) is 65.9 Å². The summed E-state index contributed by atoms with van der Waals surface area (Å²) in [5.74, 6) is 0. The molecule has 0 saturated heterocycles. The molecule has 0 fully saturated rings. The average molecular weight is 310 g/mol. The standard InChI is InChI=1S/C16H14N4OS/c21-16(19-11-14-3-1-2-8-17-14)20-13-6-4-12(5-7-13)15-18-9-10-22-15/h1-10H,11H2,(H2,19,20,21). The fraction of sp³-hybridized carbons (Fsp3) is 0.0625. The van der Waals surface area contributed by atoms with Crippen LogP contribution in [-0.2, 0) is 6.54 Å². The Bertz CT molecular complexity index is 727. The van der Waals surface area contributed by atoms with E-state index in [9.17, 15) is 4.79 Å². The van der Waals surface area contributed by atoms with E-state index in [0.29, 0.717) is 6.54 Å². The maximum absolute atomic E-state index is 11.8. The highest BCUT2D eigenvalue weighted by Gasteiger charge is 2.04. The van der Waals surface area contributed by atoms with Gasteiger partial charge in [0.2, 0.25) is 0 Å². The third-order valence-corrected chi connectivity index (χ3v) is 3.80. The van der Waals surface area contributed by atoms with Crippen molar-refractivity contribution in [1.29, 1.82) is 0 Å². The Morgan fingerprint density at radius 2 is 1.91 bits per heavy atom. The van der Waals surface area contributed by atoms with Crippen LogP contribution in [0.15, 0.2) is 60.2 Å².